The maximum atomic E-state index is 10.7. The monoisotopic (exact) mass is 211 g/mol. The Morgan fingerprint density at radius 2 is 1.50 bits per heavy atom. The van der Waals surface area contributed by atoms with E-state index in [0.29, 0.717) is 0 Å². The van der Waals surface area contributed by atoms with Crippen LogP contribution in [0.15, 0.2) is 0 Å². The van der Waals surface area contributed by atoms with Gasteiger partial charge in [-0.3, -0.25) is 4.55 Å². The van der Waals surface area contributed by atoms with Crippen molar-refractivity contribution >= 4 is 10.1 Å². The summed E-state index contributed by atoms with van der Waals surface area (Å²) >= 11 is 0. The van der Waals surface area contributed by atoms with Gasteiger partial charge in [0, 0.05) is 0 Å². The molecule has 0 heterocycles. The number of rotatable bonds is 0. The van der Waals surface area contributed by atoms with E-state index in [4.69, 9.17) is 18.1 Å². The van der Waals surface area contributed by atoms with E-state index in [0.717, 1.165) is 0 Å². The molecular formula is C3H8F3NO4S. The van der Waals surface area contributed by atoms with Crippen molar-refractivity contribution < 1.29 is 31.2 Å². The SMILES string of the molecule is CC(N)O.O=S(=O)(O)C(F)(F)F. The van der Waals surface area contributed by atoms with Crippen molar-refractivity contribution in [1.29, 1.82) is 0 Å². The third-order valence-electron chi connectivity index (χ3n) is 0.292. The van der Waals surface area contributed by atoms with Gasteiger partial charge in [-0.15, -0.1) is 0 Å². The predicted molar refractivity (Wildman–Crippen MR) is 33.5 cm³/mol. The molecule has 0 aliphatic rings. The van der Waals surface area contributed by atoms with Crippen molar-refractivity contribution in [3.05, 3.63) is 0 Å². The Labute approximate surface area is 66.7 Å². The lowest BCUT2D eigenvalue weighted by Crippen LogP contribution is -2.21. The second-order valence-corrected chi connectivity index (χ2v) is 3.07. The van der Waals surface area contributed by atoms with E-state index in [1.807, 2.05) is 0 Å². The number of aliphatic hydroxyl groups excluding tert-OH is 1. The summed E-state index contributed by atoms with van der Waals surface area (Å²) in [6.45, 7) is 1.50. The smallest absolute Gasteiger partial charge is 0.379 e. The zero-order valence-electron chi connectivity index (χ0n) is 5.91. The highest BCUT2D eigenvalue weighted by atomic mass is 32.2. The molecule has 0 saturated heterocycles. The molecule has 0 radical (unpaired) electrons. The van der Waals surface area contributed by atoms with E-state index < -0.39 is 21.9 Å². The minimum Gasteiger partial charge on any atom is -0.379 e. The lowest BCUT2D eigenvalue weighted by molar-refractivity contribution is -0.0510. The van der Waals surface area contributed by atoms with E-state index in [1.165, 1.54) is 6.92 Å². The molecule has 0 aromatic heterocycles. The molecule has 9 heteroatoms. The summed E-state index contributed by atoms with van der Waals surface area (Å²) in [5, 5.41) is 7.83. The van der Waals surface area contributed by atoms with Gasteiger partial charge in [0.1, 0.15) is 0 Å². The second kappa shape index (κ2) is 4.60. The molecule has 4 N–H and O–H groups in total. The zero-order valence-corrected chi connectivity index (χ0v) is 6.72. The standard InChI is InChI=1S/C2H7NO.CHF3O3S/c1-2(3)4;2-1(3,4)8(5,6)7/h2,4H,3H2,1H3;(H,5,6,7). The highest BCUT2D eigenvalue weighted by Gasteiger charge is 2.44. The largest absolute Gasteiger partial charge is 0.522 e. The fourth-order valence-electron chi connectivity index (χ4n) is 0. The Morgan fingerprint density at radius 3 is 1.50 bits per heavy atom. The Morgan fingerprint density at radius 1 is 1.42 bits per heavy atom. The molecule has 1 unspecified atom stereocenters. The Bertz CT molecular complexity index is 205. The van der Waals surface area contributed by atoms with Crippen molar-refractivity contribution in [2.75, 3.05) is 0 Å². The lowest BCUT2D eigenvalue weighted by atomic mass is 10.7. The highest BCUT2D eigenvalue weighted by molar-refractivity contribution is 7.86. The number of hydrogen-bond acceptors (Lipinski definition) is 4. The van der Waals surface area contributed by atoms with Gasteiger partial charge in [0.25, 0.3) is 0 Å². The minimum absolute atomic E-state index is 0.667. The normalized spacial score (nSPS) is 14.6. The summed E-state index contributed by atoms with van der Waals surface area (Å²) in [7, 11) is -5.84. The molecule has 0 amide bonds. The second-order valence-electron chi connectivity index (χ2n) is 1.66. The first-order valence-corrected chi connectivity index (χ1v) is 3.90. The maximum absolute atomic E-state index is 10.7. The van der Waals surface area contributed by atoms with Crippen LogP contribution in [0.1, 0.15) is 6.92 Å². The molecule has 0 rings (SSSR count). The van der Waals surface area contributed by atoms with E-state index in [2.05, 4.69) is 5.73 Å². The average Bonchev–Trinajstić information content (AvgIpc) is 1.55. The van der Waals surface area contributed by atoms with Crippen LogP contribution in [0, 0.1) is 0 Å². The van der Waals surface area contributed by atoms with E-state index in [-0.39, 0.29) is 0 Å². The van der Waals surface area contributed by atoms with Crippen LogP contribution in [0.25, 0.3) is 0 Å². The highest BCUT2D eigenvalue weighted by Crippen LogP contribution is 2.20. The third-order valence-corrected chi connectivity index (χ3v) is 0.877. The molecule has 0 aromatic carbocycles. The minimum atomic E-state index is -5.84. The quantitative estimate of drug-likeness (QED) is 0.289. The van der Waals surface area contributed by atoms with Crippen LogP contribution in [-0.4, -0.2) is 29.8 Å². The molecule has 0 saturated carbocycles. The maximum Gasteiger partial charge on any atom is 0.522 e. The number of hydrogen-bond donors (Lipinski definition) is 3. The number of nitrogens with two attached hydrogens (primary N) is 1. The molecule has 0 bridgehead atoms. The molecule has 76 valence electrons. The van der Waals surface area contributed by atoms with E-state index >= 15 is 0 Å². The summed E-state index contributed by atoms with van der Waals surface area (Å²) < 4.78 is 57.5. The average molecular weight is 211 g/mol. The fraction of sp³-hybridized carbons (Fsp3) is 1.00. The number of halogens is 3. The molecule has 0 aliphatic heterocycles. The first-order valence-electron chi connectivity index (χ1n) is 2.46. The Kier molecular flexibility index (Phi) is 5.43. The number of alkyl halides is 3. The Hall–Kier alpha value is -0.380. The third kappa shape index (κ3) is 9.62. The van der Waals surface area contributed by atoms with Crippen LogP contribution >= 0.6 is 0 Å². The van der Waals surface area contributed by atoms with Crippen molar-refractivity contribution in [2.45, 2.75) is 18.7 Å². The first-order chi connectivity index (χ1) is 4.98. The lowest BCUT2D eigenvalue weighted by Gasteiger charge is -1.97. The van der Waals surface area contributed by atoms with Crippen LogP contribution in [0.4, 0.5) is 13.2 Å². The zero-order chi connectivity index (χ0) is 10.6. The van der Waals surface area contributed by atoms with E-state index in [9.17, 15) is 13.2 Å². The van der Waals surface area contributed by atoms with Crippen LogP contribution in [0.5, 0.6) is 0 Å². The molecule has 0 fully saturated rings. The molecule has 12 heavy (non-hydrogen) atoms. The molecular weight excluding hydrogens is 203 g/mol. The van der Waals surface area contributed by atoms with Crippen LogP contribution in [0.3, 0.4) is 0 Å². The van der Waals surface area contributed by atoms with Gasteiger partial charge in [-0.05, 0) is 6.92 Å². The van der Waals surface area contributed by atoms with Crippen molar-refractivity contribution in [1.82, 2.24) is 0 Å². The van der Waals surface area contributed by atoms with Gasteiger partial charge in [0.2, 0.25) is 0 Å². The van der Waals surface area contributed by atoms with Gasteiger partial charge in [0.15, 0.2) is 0 Å². The Balaban J connectivity index is 0. The van der Waals surface area contributed by atoms with Crippen LogP contribution in [-0.2, 0) is 10.1 Å². The van der Waals surface area contributed by atoms with Gasteiger partial charge in [-0.25, -0.2) is 0 Å². The summed E-state index contributed by atoms with van der Waals surface area (Å²) in [5.41, 5.74) is -0.868. The molecule has 5 nitrogen and oxygen atoms in total. The fourth-order valence-corrected chi connectivity index (χ4v) is 0. The molecule has 1 atom stereocenters. The molecule has 0 aliphatic carbocycles. The summed E-state index contributed by atoms with van der Waals surface area (Å²) in [5.74, 6) is 0. The van der Waals surface area contributed by atoms with Gasteiger partial charge in [0.05, 0.1) is 6.23 Å². The topological polar surface area (TPSA) is 101 Å². The van der Waals surface area contributed by atoms with Gasteiger partial charge < -0.3 is 10.8 Å². The van der Waals surface area contributed by atoms with Gasteiger partial charge in [-0.1, -0.05) is 0 Å². The summed E-state index contributed by atoms with van der Waals surface area (Å²) in [6.07, 6.45) is -0.667. The van der Waals surface area contributed by atoms with Crippen molar-refractivity contribution in [3.63, 3.8) is 0 Å². The van der Waals surface area contributed by atoms with Gasteiger partial charge >= 0.3 is 15.6 Å². The van der Waals surface area contributed by atoms with Crippen molar-refractivity contribution in [3.8, 4) is 0 Å². The predicted octanol–water partition coefficient (Wildman–Crippen LogP) is -0.323. The number of aliphatic hydroxyl groups is 1. The first kappa shape index (κ1) is 14.2. The molecule has 0 aromatic rings. The van der Waals surface area contributed by atoms with Gasteiger partial charge in [-0.2, -0.15) is 21.6 Å². The van der Waals surface area contributed by atoms with Crippen LogP contribution < -0.4 is 5.73 Å². The summed E-state index contributed by atoms with van der Waals surface area (Å²) in [6, 6.07) is 0. The van der Waals surface area contributed by atoms with E-state index in [1.54, 1.807) is 0 Å². The molecule has 0 spiro atoms. The van der Waals surface area contributed by atoms with Crippen LogP contribution in [0.2, 0.25) is 0 Å². The summed E-state index contributed by atoms with van der Waals surface area (Å²) in [4.78, 5) is 0. The van der Waals surface area contributed by atoms with Crippen molar-refractivity contribution in [2.24, 2.45) is 5.73 Å².